The zero-order valence-electron chi connectivity index (χ0n) is 29.3. The zero-order chi connectivity index (χ0) is 30.2. The van der Waals surface area contributed by atoms with Crippen molar-refractivity contribution in [2.75, 3.05) is 0 Å². The van der Waals surface area contributed by atoms with Gasteiger partial charge in [-0.1, -0.05) is 118 Å². The Morgan fingerprint density at radius 3 is 1.69 bits per heavy atom. The monoisotopic (exact) mass is 740 g/mol. The van der Waals surface area contributed by atoms with Crippen molar-refractivity contribution in [1.82, 2.24) is 6.15 Å². The van der Waals surface area contributed by atoms with E-state index in [4.69, 9.17) is 0 Å². The van der Waals surface area contributed by atoms with Crippen LogP contribution in [0.4, 0.5) is 0 Å². The van der Waals surface area contributed by atoms with Crippen LogP contribution in [0.5, 0.6) is 0 Å². The fraction of sp³-hybridized carbons (Fsp3) is 0.561. The van der Waals surface area contributed by atoms with E-state index in [1.165, 1.54) is 91.8 Å². The Kier molecular flexibility index (Phi) is 19.0. The van der Waals surface area contributed by atoms with Crippen molar-refractivity contribution in [3.8, 4) is 11.1 Å². The molecule has 3 aromatic carbocycles. The summed E-state index contributed by atoms with van der Waals surface area (Å²) in [4.78, 5) is 0. The molecule has 5 rings (SSSR count). The van der Waals surface area contributed by atoms with E-state index in [9.17, 15) is 0 Å². The summed E-state index contributed by atoms with van der Waals surface area (Å²) in [5.74, 6) is 3.12. The first-order valence-corrected chi connectivity index (χ1v) is 17.9. The molecule has 0 amide bonds. The molecule has 2 saturated carbocycles. The summed E-state index contributed by atoms with van der Waals surface area (Å²) < 4.78 is 0. The third-order valence-corrected chi connectivity index (χ3v) is 10.6. The summed E-state index contributed by atoms with van der Waals surface area (Å²) >= 11 is 0. The molecule has 1 atom stereocenters. The van der Waals surface area contributed by atoms with Crippen molar-refractivity contribution in [1.29, 1.82) is 0 Å². The standard InChI is InChI=1S/C33H49P.C8H9.ClH.H3N.Pd/c1-21(2)26-19-29(22(3)4)32(30(20-26)23(5)6)28-18-17-27(24-13-9-7-10-14-24)31(33(28)34)25-15-11-8-12-16-25;1-2-8-6-4-3-5-7-8;;;/h17-25H,7-16,34H2,1-6H3;3-6H,2H2,1H3;1H;1H3;/q;-1;;;. The molecule has 0 radical (unpaired) electrons. The number of benzene rings is 3. The minimum Gasteiger partial charge on any atom is -0.344 e. The fourth-order valence-corrected chi connectivity index (χ4v) is 8.05. The summed E-state index contributed by atoms with van der Waals surface area (Å²) in [7, 11) is 3.28. The van der Waals surface area contributed by atoms with Gasteiger partial charge in [-0.25, -0.2) is 0 Å². The SMILES string of the molecule is CC(C)c1cc(C(C)C)c(-c2ccc(C3CCCCC3)c(C3CCCCC3)c2P)c(C(C)C)c1.CCc1[c-]cccc1.Cl.N.[Pd]. The third kappa shape index (κ3) is 10.8. The van der Waals surface area contributed by atoms with Gasteiger partial charge in [-0.15, -0.1) is 21.6 Å². The topological polar surface area (TPSA) is 35.0 Å². The van der Waals surface area contributed by atoms with Crippen molar-refractivity contribution >= 4 is 27.0 Å². The molecule has 254 valence electrons. The van der Waals surface area contributed by atoms with Gasteiger partial charge in [0.15, 0.2) is 0 Å². The maximum atomic E-state index is 3.28. The summed E-state index contributed by atoms with van der Waals surface area (Å²) in [5.41, 5.74) is 12.3. The van der Waals surface area contributed by atoms with Crippen molar-refractivity contribution in [2.45, 2.75) is 149 Å². The Morgan fingerprint density at radius 1 is 0.733 bits per heavy atom. The average Bonchev–Trinajstić information content (AvgIpc) is 3.01. The summed E-state index contributed by atoms with van der Waals surface area (Å²) in [5, 5.41) is 1.52. The van der Waals surface area contributed by atoms with Crippen LogP contribution >= 0.6 is 21.6 Å². The number of rotatable bonds is 7. The van der Waals surface area contributed by atoms with E-state index in [0.29, 0.717) is 17.8 Å². The first kappa shape index (κ1) is 42.0. The molecule has 2 fully saturated rings. The largest absolute Gasteiger partial charge is 0.344 e. The van der Waals surface area contributed by atoms with Crippen molar-refractivity contribution < 1.29 is 20.4 Å². The van der Waals surface area contributed by atoms with Crippen LogP contribution in [0.25, 0.3) is 11.1 Å². The van der Waals surface area contributed by atoms with Crippen LogP contribution in [0.2, 0.25) is 0 Å². The molecule has 3 N–H and O–H groups in total. The molecule has 0 bridgehead atoms. The first-order chi connectivity index (χ1) is 20.2. The van der Waals surface area contributed by atoms with Crippen LogP contribution in [0.1, 0.15) is 176 Å². The Morgan fingerprint density at radius 2 is 1.27 bits per heavy atom. The Labute approximate surface area is 299 Å². The molecule has 3 aromatic rings. The van der Waals surface area contributed by atoms with Crippen LogP contribution in [-0.2, 0) is 26.8 Å². The molecule has 1 unspecified atom stereocenters. The van der Waals surface area contributed by atoms with E-state index in [-0.39, 0.29) is 39.0 Å². The molecule has 0 saturated heterocycles. The Bertz CT molecular complexity index is 1250. The van der Waals surface area contributed by atoms with E-state index >= 15 is 0 Å². The molecule has 4 heteroatoms. The maximum Gasteiger partial charge on any atom is 0 e. The van der Waals surface area contributed by atoms with E-state index in [1.54, 1.807) is 22.3 Å². The molecule has 1 nitrogen and oxygen atoms in total. The first-order valence-electron chi connectivity index (χ1n) is 17.3. The minimum atomic E-state index is 0. The van der Waals surface area contributed by atoms with Crippen LogP contribution < -0.4 is 11.5 Å². The van der Waals surface area contributed by atoms with Gasteiger partial charge >= 0.3 is 0 Å². The van der Waals surface area contributed by atoms with E-state index in [2.05, 4.69) is 94.1 Å². The third-order valence-electron chi connectivity index (χ3n) is 9.94. The van der Waals surface area contributed by atoms with Gasteiger partial charge in [0, 0.05) is 20.4 Å². The molecule has 45 heavy (non-hydrogen) atoms. The average molecular weight is 742 g/mol. The van der Waals surface area contributed by atoms with Crippen molar-refractivity contribution in [3.63, 3.8) is 0 Å². The van der Waals surface area contributed by atoms with Crippen LogP contribution in [0, 0.1) is 6.07 Å². The van der Waals surface area contributed by atoms with Gasteiger partial charge in [-0.2, -0.15) is 35.9 Å². The van der Waals surface area contributed by atoms with Crippen LogP contribution in [-0.4, -0.2) is 0 Å². The second-order valence-corrected chi connectivity index (χ2v) is 14.6. The van der Waals surface area contributed by atoms with E-state index in [1.807, 2.05) is 18.2 Å². The van der Waals surface area contributed by atoms with Gasteiger partial charge in [-0.3, -0.25) is 0 Å². The molecular formula is C41H62ClNPPd-. The van der Waals surface area contributed by atoms with Gasteiger partial charge in [0.2, 0.25) is 0 Å². The molecular weight excluding hydrogens is 679 g/mol. The maximum absolute atomic E-state index is 3.28. The predicted octanol–water partition coefficient (Wildman–Crippen LogP) is 13.0. The molecule has 0 aliphatic heterocycles. The Hall–Kier alpha value is -0.998. The number of hydrogen-bond acceptors (Lipinski definition) is 1. The fourth-order valence-electron chi connectivity index (χ4n) is 7.40. The molecule has 0 aromatic heterocycles. The zero-order valence-corrected chi connectivity index (χ0v) is 32.8. The van der Waals surface area contributed by atoms with Gasteiger partial charge in [-0.05, 0) is 99.5 Å². The van der Waals surface area contributed by atoms with Crippen molar-refractivity contribution in [3.05, 3.63) is 88.0 Å². The van der Waals surface area contributed by atoms with Gasteiger partial charge in [0.25, 0.3) is 0 Å². The smallest absolute Gasteiger partial charge is 0 e. The van der Waals surface area contributed by atoms with Gasteiger partial charge < -0.3 is 6.15 Å². The van der Waals surface area contributed by atoms with Crippen LogP contribution in [0.15, 0.2) is 48.5 Å². The number of hydrogen-bond donors (Lipinski definition) is 1. The quantitative estimate of drug-likeness (QED) is 0.146. The second kappa shape index (κ2) is 20.4. The van der Waals surface area contributed by atoms with E-state index in [0.717, 1.165) is 18.3 Å². The minimum absolute atomic E-state index is 0. The summed E-state index contributed by atoms with van der Waals surface area (Å²) in [6.07, 6.45) is 15.1. The summed E-state index contributed by atoms with van der Waals surface area (Å²) in [6.45, 7) is 16.3. The van der Waals surface area contributed by atoms with E-state index < -0.39 is 0 Å². The predicted molar refractivity (Wildman–Crippen MR) is 202 cm³/mol. The van der Waals surface area contributed by atoms with Gasteiger partial charge in [0.1, 0.15) is 0 Å². The molecule has 0 spiro atoms. The second-order valence-electron chi connectivity index (χ2n) is 14.0. The molecule has 2 aliphatic carbocycles. The normalized spacial score (nSPS) is 15.5. The summed E-state index contributed by atoms with van der Waals surface area (Å²) in [6, 6.07) is 21.3. The van der Waals surface area contributed by atoms with Crippen LogP contribution in [0.3, 0.4) is 0 Å². The molecule has 0 heterocycles. The molecule has 2 aliphatic rings. The number of aryl methyl sites for hydroxylation is 1. The van der Waals surface area contributed by atoms with Crippen molar-refractivity contribution in [2.24, 2.45) is 0 Å². The van der Waals surface area contributed by atoms with Gasteiger partial charge in [0.05, 0.1) is 0 Å². The Balaban J connectivity index is 0.000000805. The number of halogens is 1.